The smallest absolute Gasteiger partial charge is 0.220 e. The van der Waals surface area contributed by atoms with Crippen LogP contribution in [0.3, 0.4) is 0 Å². The van der Waals surface area contributed by atoms with Gasteiger partial charge < -0.3 is 10.4 Å². The SMILES string of the molecule is CCCCCC(=O)NC1CN(Cc2ccccc2)CCC1CO. The summed E-state index contributed by atoms with van der Waals surface area (Å²) in [6.07, 6.45) is 4.71. The van der Waals surface area contributed by atoms with Gasteiger partial charge in [-0.3, -0.25) is 9.69 Å². The number of unbranched alkanes of at least 4 members (excludes halogenated alkanes) is 2. The van der Waals surface area contributed by atoms with Crippen LogP contribution in [0.5, 0.6) is 0 Å². The van der Waals surface area contributed by atoms with E-state index in [-0.39, 0.29) is 24.5 Å². The van der Waals surface area contributed by atoms with E-state index >= 15 is 0 Å². The average molecular weight is 318 g/mol. The highest BCUT2D eigenvalue weighted by Gasteiger charge is 2.29. The number of hydrogen-bond donors (Lipinski definition) is 2. The van der Waals surface area contributed by atoms with E-state index in [1.165, 1.54) is 5.56 Å². The Hall–Kier alpha value is -1.39. The van der Waals surface area contributed by atoms with E-state index in [0.717, 1.165) is 45.3 Å². The molecule has 1 aliphatic rings. The van der Waals surface area contributed by atoms with Crippen LogP contribution in [0.2, 0.25) is 0 Å². The Morgan fingerprint density at radius 2 is 2.09 bits per heavy atom. The molecule has 0 aromatic heterocycles. The van der Waals surface area contributed by atoms with Crippen LogP contribution in [0.25, 0.3) is 0 Å². The molecule has 1 aliphatic heterocycles. The first-order valence-electron chi connectivity index (χ1n) is 8.89. The maximum absolute atomic E-state index is 12.1. The molecule has 1 fully saturated rings. The number of carbonyl (C=O) groups excluding carboxylic acids is 1. The van der Waals surface area contributed by atoms with Gasteiger partial charge in [0.1, 0.15) is 0 Å². The Morgan fingerprint density at radius 3 is 2.78 bits per heavy atom. The second-order valence-corrected chi connectivity index (χ2v) is 6.58. The van der Waals surface area contributed by atoms with E-state index in [2.05, 4.69) is 41.4 Å². The van der Waals surface area contributed by atoms with Gasteiger partial charge in [-0.2, -0.15) is 0 Å². The summed E-state index contributed by atoms with van der Waals surface area (Å²) < 4.78 is 0. The zero-order valence-corrected chi connectivity index (χ0v) is 14.2. The van der Waals surface area contributed by atoms with Gasteiger partial charge in [0.2, 0.25) is 5.91 Å². The maximum atomic E-state index is 12.1. The highest BCUT2D eigenvalue weighted by atomic mass is 16.3. The minimum atomic E-state index is 0.0617. The standard InChI is InChI=1S/C19H30N2O2/c1-2-3-5-10-19(23)20-18-14-21(12-11-17(18)15-22)13-16-8-6-4-7-9-16/h4,6-9,17-18,22H,2-3,5,10-15H2,1H3,(H,20,23). The first kappa shape index (κ1) is 18.0. The molecule has 2 rings (SSSR count). The zero-order chi connectivity index (χ0) is 16.5. The summed E-state index contributed by atoms with van der Waals surface area (Å²) in [6.45, 7) is 4.99. The van der Waals surface area contributed by atoms with E-state index < -0.39 is 0 Å². The number of piperidine rings is 1. The number of likely N-dealkylation sites (tertiary alicyclic amines) is 1. The Bertz CT molecular complexity index is 464. The zero-order valence-electron chi connectivity index (χ0n) is 14.2. The van der Waals surface area contributed by atoms with E-state index in [1.807, 2.05) is 6.07 Å². The van der Waals surface area contributed by atoms with Crippen molar-refractivity contribution in [2.75, 3.05) is 19.7 Å². The topological polar surface area (TPSA) is 52.6 Å². The fraction of sp³-hybridized carbons (Fsp3) is 0.632. The number of nitrogens with zero attached hydrogens (tertiary/aromatic N) is 1. The molecule has 0 aliphatic carbocycles. The van der Waals surface area contributed by atoms with Crippen LogP contribution in [0.1, 0.15) is 44.6 Å². The molecule has 1 saturated heterocycles. The van der Waals surface area contributed by atoms with E-state index in [1.54, 1.807) is 0 Å². The summed E-state index contributed by atoms with van der Waals surface area (Å²) in [5, 5.41) is 12.7. The quantitative estimate of drug-likeness (QED) is 0.724. The van der Waals surface area contributed by atoms with Gasteiger partial charge in [-0.15, -0.1) is 0 Å². The Kier molecular flexibility index (Phi) is 7.56. The first-order chi connectivity index (χ1) is 11.2. The minimum absolute atomic E-state index is 0.0617. The van der Waals surface area contributed by atoms with Gasteiger partial charge in [-0.05, 0) is 24.9 Å². The normalized spacial score (nSPS) is 22.0. The van der Waals surface area contributed by atoms with Crippen molar-refractivity contribution in [3.8, 4) is 0 Å². The van der Waals surface area contributed by atoms with Gasteiger partial charge in [0.25, 0.3) is 0 Å². The van der Waals surface area contributed by atoms with E-state index in [9.17, 15) is 9.90 Å². The third kappa shape index (κ3) is 5.96. The van der Waals surface area contributed by atoms with Crippen molar-refractivity contribution in [2.24, 2.45) is 5.92 Å². The van der Waals surface area contributed by atoms with Gasteiger partial charge >= 0.3 is 0 Å². The number of amides is 1. The fourth-order valence-corrected chi connectivity index (χ4v) is 3.25. The highest BCUT2D eigenvalue weighted by Crippen LogP contribution is 2.19. The molecule has 0 bridgehead atoms. The fourth-order valence-electron chi connectivity index (χ4n) is 3.25. The molecule has 2 atom stereocenters. The van der Waals surface area contributed by atoms with Crippen molar-refractivity contribution in [3.05, 3.63) is 35.9 Å². The molecule has 1 aromatic carbocycles. The molecular formula is C19H30N2O2. The molecule has 1 amide bonds. The predicted octanol–water partition coefficient (Wildman–Crippen LogP) is 2.57. The van der Waals surface area contributed by atoms with Gasteiger partial charge in [0, 0.05) is 38.1 Å². The lowest BCUT2D eigenvalue weighted by Gasteiger charge is -2.38. The first-order valence-corrected chi connectivity index (χ1v) is 8.89. The van der Waals surface area contributed by atoms with Crippen LogP contribution in [0.4, 0.5) is 0 Å². The van der Waals surface area contributed by atoms with Crippen molar-refractivity contribution < 1.29 is 9.90 Å². The molecule has 1 aromatic rings. The molecule has 2 unspecified atom stereocenters. The molecule has 4 heteroatoms. The molecule has 23 heavy (non-hydrogen) atoms. The Morgan fingerprint density at radius 1 is 1.30 bits per heavy atom. The lowest BCUT2D eigenvalue weighted by Crippen LogP contribution is -2.53. The van der Waals surface area contributed by atoms with Crippen LogP contribution in [-0.2, 0) is 11.3 Å². The number of rotatable bonds is 8. The van der Waals surface area contributed by atoms with Gasteiger partial charge in [0.15, 0.2) is 0 Å². The van der Waals surface area contributed by atoms with Crippen LogP contribution in [-0.4, -0.2) is 41.7 Å². The third-order valence-corrected chi connectivity index (χ3v) is 4.68. The summed E-state index contributed by atoms with van der Waals surface area (Å²) in [5.41, 5.74) is 1.29. The Labute approximate surface area is 139 Å². The van der Waals surface area contributed by atoms with Crippen molar-refractivity contribution in [1.29, 1.82) is 0 Å². The summed E-state index contributed by atoms with van der Waals surface area (Å²) in [7, 11) is 0. The number of benzene rings is 1. The summed E-state index contributed by atoms with van der Waals surface area (Å²) >= 11 is 0. The summed E-state index contributed by atoms with van der Waals surface area (Å²) in [6, 6.07) is 10.5. The minimum Gasteiger partial charge on any atom is -0.396 e. The Balaban J connectivity index is 1.86. The van der Waals surface area contributed by atoms with Crippen molar-refractivity contribution in [2.45, 2.75) is 51.6 Å². The van der Waals surface area contributed by atoms with Gasteiger partial charge in [-0.1, -0.05) is 50.1 Å². The van der Waals surface area contributed by atoms with Crippen molar-refractivity contribution in [1.82, 2.24) is 10.2 Å². The number of hydrogen-bond acceptors (Lipinski definition) is 3. The second-order valence-electron chi connectivity index (χ2n) is 6.58. The number of carbonyl (C=O) groups is 1. The maximum Gasteiger partial charge on any atom is 0.220 e. The highest BCUT2D eigenvalue weighted by molar-refractivity contribution is 5.76. The molecule has 0 radical (unpaired) electrons. The van der Waals surface area contributed by atoms with Gasteiger partial charge in [-0.25, -0.2) is 0 Å². The summed E-state index contributed by atoms with van der Waals surface area (Å²) in [5.74, 6) is 0.306. The monoisotopic (exact) mass is 318 g/mol. The van der Waals surface area contributed by atoms with E-state index in [0.29, 0.717) is 6.42 Å². The molecule has 4 nitrogen and oxygen atoms in total. The molecule has 0 saturated carbocycles. The second kappa shape index (κ2) is 9.68. The average Bonchev–Trinajstić information content (AvgIpc) is 2.56. The van der Waals surface area contributed by atoms with Crippen LogP contribution in [0.15, 0.2) is 30.3 Å². The summed E-state index contributed by atoms with van der Waals surface area (Å²) in [4.78, 5) is 14.5. The van der Waals surface area contributed by atoms with Crippen LogP contribution in [0, 0.1) is 5.92 Å². The predicted molar refractivity (Wildman–Crippen MR) is 93.0 cm³/mol. The number of aliphatic hydroxyl groups excluding tert-OH is 1. The number of aliphatic hydroxyl groups is 1. The molecular weight excluding hydrogens is 288 g/mol. The molecule has 0 spiro atoms. The molecule has 1 heterocycles. The molecule has 128 valence electrons. The van der Waals surface area contributed by atoms with Crippen molar-refractivity contribution in [3.63, 3.8) is 0 Å². The van der Waals surface area contributed by atoms with Crippen LogP contribution >= 0.6 is 0 Å². The van der Waals surface area contributed by atoms with Crippen LogP contribution < -0.4 is 5.32 Å². The van der Waals surface area contributed by atoms with E-state index in [4.69, 9.17) is 0 Å². The van der Waals surface area contributed by atoms with Crippen molar-refractivity contribution >= 4 is 5.91 Å². The third-order valence-electron chi connectivity index (χ3n) is 4.68. The molecule has 2 N–H and O–H groups in total. The lowest BCUT2D eigenvalue weighted by molar-refractivity contribution is -0.123. The lowest BCUT2D eigenvalue weighted by atomic mass is 9.91. The largest absolute Gasteiger partial charge is 0.396 e. The number of nitrogens with one attached hydrogen (secondary N) is 1. The van der Waals surface area contributed by atoms with Gasteiger partial charge in [0.05, 0.1) is 0 Å².